The number of nitro groups is 1. The van der Waals surface area contributed by atoms with E-state index in [4.69, 9.17) is 4.74 Å². The number of unbranched alkanes of at least 4 members (excludes halogenated alkanes) is 9. The Bertz CT molecular complexity index is 736. The fourth-order valence-corrected chi connectivity index (χ4v) is 3.07. The minimum absolute atomic E-state index is 0. The van der Waals surface area contributed by atoms with Crippen molar-refractivity contribution in [1.29, 1.82) is 0 Å². The molecule has 32 heavy (non-hydrogen) atoms. The number of carbonyl (C=O) groups excluding carboxylic acids is 1. The van der Waals surface area contributed by atoms with E-state index < -0.39 is 28.4 Å². The Balaban J connectivity index is 0.00000961. The van der Waals surface area contributed by atoms with E-state index >= 15 is 0 Å². The molecular weight excluding hydrogens is 479 g/mol. The zero-order valence-electron chi connectivity index (χ0n) is 18.1. The molecule has 1 aromatic carbocycles. The van der Waals surface area contributed by atoms with Crippen LogP contribution in [0.25, 0.3) is 5.57 Å². The SMILES string of the molecule is CCCCCCCCCCCCOC(=O)/C(=C(\O)C(F)(F)F)c1ccc([N+](=O)[O-])cc1.[Cu]. The van der Waals surface area contributed by atoms with E-state index in [0.29, 0.717) is 6.42 Å². The smallest absolute Gasteiger partial charge is 0.449 e. The minimum atomic E-state index is -5.16. The summed E-state index contributed by atoms with van der Waals surface area (Å²) >= 11 is 0. The summed E-state index contributed by atoms with van der Waals surface area (Å²) in [5.74, 6) is -3.41. The topological polar surface area (TPSA) is 89.7 Å². The first-order valence-electron chi connectivity index (χ1n) is 10.6. The van der Waals surface area contributed by atoms with Crippen molar-refractivity contribution in [3.8, 4) is 0 Å². The third-order valence-corrected chi connectivity index (χ3v) is 4.81. The number of non-ortho nitro benzene ring substituents is 1. The Morgan fingerprint density at radius 1 is 0.969 bits per heavy atom. The molecule has 1 radical (unpaired) electrons. The first-order valence-corrected chi connectivity index (χ1v) is 10.6. The van der Waals surface area contributed by atoms with Gasteiger partial charge in [-0.05, 0) is 24.1 Å². The number of alkyl halides is 3. The van der Waals surface area contributed by atoms with Gasteiger partial charge in [-0.15, -0.1) is 0 Å². The molecule has 0 aliphatic carbocycles. The molecule has 6 nitrogen and oxygen atoms in total. The van der Waals surface area contributed by atoms with E-state index in [1.165, 1.54) is 32.1 Å². The average Bonchev–Trinajstić information content (AvgIpc) is 2.71. The quantitative estimate of drug-likeness (QED) is 0.0562. The third kappa shape index (κ3) is 11.0. The van der Waals surface area contributed by atoms with Crippen LogP contribution in [0.4, 0.5) is 18.9 Å². The van der Waals surface area contributed by atoms with Gasteiger partial charge in [-0.25, -0.2) is 4.79 Å². The predicted molar refractivity (Wildman–Crippen MR) is 112 cm³/mol. The van der Waals surface area contributed by atoms with Crippen LogP contribution < -0.4 is 0 Å². The van der Waals surface area contributed by atoms with Crippen LogP contribution in [0.2, 0.25) is 0 Å². The van der Waals surface area contributed by atoms with Crippen molar-refractivity contribution in [1.82, 2.24) is 0 Å². The minimum Gasteiger partial charge on any atom is -0.504 e. The average molecular weight is 509 g/mol. The van der Waals surface area contributed by atoms with Gasteiger partial charge in [0.05, 0.1) is 11.5 Å². The van der Waals surface area contributed by atoms with Crippen LogP contribution in [0.1, 0.15) is 76.7 Å². The Kier molecular flexibility index (Phi) is 14.7. The number of ether oxygens (including phenoxy) is 1. The molecule has 0 aliphatic heterocycles. The number of esters is 1. The second kappa shape index (κ2) is 15.7. The summed E-state index contributed by atoms with van der Waals surface area (Å²) in [4.78, 5) is 22.2. The van der Waals surface area contributed by atoms with Gasteiger partial charge in [-0.2, -0.15) is 13.2 Å². The monoisotopic (exact) mass is 508 g/mol. The van der Waals surface area contributed by atoms with Gasteiger partial charge in [-0.3, -0.25) is 10.1 Å². The van der Waals surface area contributed by atoms with Crippen molar-refractivity contribution in [3.63, 3.8) is 0 Å². The van der Waals surface area contributed by atoms with Crippen LogP contribution in [0.3, 0.4) is 0 Å². The Morgan fingerprint density at radius 2 is 1.44 bits per heavy atom. The van der Waals surface area contributed by atoms with E-state index in [9.17, 15) is 33.2 Å². The zero-order valence-corrected chi connectivity index (χ0v) is 19.0. The molecular formula is C22H30CuF3NO5. The van der Waals surface area contributed by atoms with Crippen molar-refractivity contribution < 1.29 is 49.8 Å². The maximum absolute atomic E-state index is 13.0. The van der Waals surface area contributed by atoms with E-state index in [1.807, 2.05) is 0 Å². The zero-order chi connectivity index (χ0) is 23.3. The summed E-state index contributed by atoms with van der Waals surface area (Å²) < 4.78 is 43.9. The molecule has 0 fully saturated rings. The van der Waals surface area contributed by atoms with Crippen molar-refractivity contribution in [3.05, 3.63) is 45.7 Å². The Hall–Kier alpha value is -2.06. The van der Waals surface area contributed by atoms with Gasteiger partial charge in [-0.1, -0.05) is 64.7 Å². The molecule has 0 spiro atoms. The fraction of sp³-hybridized carbons (Fsp3) is 0.591. The summed E-state index contributed by atoms with van der Waals surface area (Å²) in [6.45, 7) is 2.10. The van der Waals surface area contributed by atoms with Crippen molar-refractivity contribution in [2.24, 2.45) is 0 Å². The predicted octanol–water partition coefficient (Wildman–Crippen LogP) is 6.89. The van der Waals surface area contributed by atoms with Crippen LogP contribution in [-0.2, 0) is 26.6 Å². The summed E-state index contributed by atoms with van der Waals surface area (Å²) in [7, 11) is 0. The number of aliphatic hydroxyl groups excluding tert-OH is 1. The number of nitro benzene ring substituents is 1. The molecule has 185 valence electrons. The Morgan fingerprint density at radius 3 is 1.88 bits per heavy atom. The second-order valence-corrected chi connectivity index (χ2v) is 7.34. The van der Waals surface area contributed by atoms with E-state index in [-0.39, 0.29) is 34.9 Å². The molecule has 0 saturated heterocycles. The molecule has 1 rings (SSSR count). The molecule has 1 N–H and O–H groups in total. The molecule has 1 aromatic rings. The van der Waals surface area contributed by atoms with Crippen molar-refractivity contribution >= 4 is 17.2 Å². The summed E-state index contributed by atoms with van der Waals surface area (Å²) in [5.41, 5.74) is -1.73. The molecule has 0 unspecified atom stereocenters. The van der Waals surface area contributed by atoms with Gasteiger partial charge < -0.3 is 9.84 Å². The number of benzene rings is 1. The number of hydrogen-bond acceptors (Lipinski definition) is 5. The van der Waals surface area contributed by atoms with Gasteiger partial charge in [0, 0.05) is 29.2 Å². The summed E-state index contributed by atoms with van der Waals surface area (Å²) in [6.07, 6.45) is 5.40. The molecule has 0 atom stereocenters. The van der Waals surface area contributed by atoms with Crippen LogP contribution in [0, 0.1) is 10.1 Å². The second-order valence-electron chi connectivity index (χ2n) is 7.34. The maximum Gasteiger partial charge on any atom is 0.449 e. The number of aliphatic hydroxyl groups is 1. The number of nitrogens with zero attached hydrogens (tertiary/aromatic N) is 1. The molecule has 0 aliphatic rings. The molecule has 10 heteroatoms. The van der Waals surface area contributed by atoms with Gasteiger partial charge in [0.2, 0.25) is 5.76 Å². The number of allylic oxidation sites excluding steroid dienone is 1. The van der Waals surface area contributed by atoms with E-state index in [2.05, 4.69) is 6.92 Å². The van der Waals surface area contributed by atoms with Gasteiger partial charge in [0.25, 0.3) is 5.69 Å². The van der Waals surface area contributed by atoms with E-state index in [1.54, 1.807) is 0 Å². The maximum atomic E-state index is 13.0. The standard InChI is InChI=1S/C22H30F3NO5.Cu/c1-2-3-4-5-6-7-8-9-10-11-16-31-21(28)19(20(27)22(23,24)25)17-12-14-18(15-13-17)26(29)30;/h12-15,27H,2-11,16H2,1H3;/b20-19-;. The largest absolute Gasteiger partial charge is 0.504 e. The van der Waals surface area contributed by atoms with Gasteiger partial charge >= 0.3 is 12.1 Å². The van der Waals surface area contributed by atoms with Crippen LogP contribution >= 0.6 is 0 Å². The molecule has 0 amide bonds. The molecule has 0 aromatic heterocycles. The number of rotatable bonds is 14. The van der Waals surface area contributed by atoms with Crippen LogP contribution in [0.15, 0.2) is 30.0 Å². The molecule has 0 heterocycles. The first-order chi connectivity index (χ1) is 14.7. The number of carbonyl (C=O) groups is 1. The van der Waals surface area contributed by atoms with Gasteiger partial charge in [0.15, 0.2) is 0 Å². The molecule has 0 bridgehead atoms. The van der Waals surface area contributed by atoms with Crippen molar-refractivity contribution in [2.75, 3.05) is 6.61 Å². The van der Waals surface area contributed by atoms with Crippen LogP contribution in [-0.4, -0.2) is 28.8 Å². The van der Waals surface area contributed by atoms with Crippen LogP contribution in [0.5, 0.6) is 0 Å². The van der Waals surface area contributed by atoms with E-state index in [0.717, 1.165) is 49.9 Å². The summed E-state index contributed by atoms with van der Waals surface area (Å²) in [6, 6.07) is 3.84. The summed E-state index contributed by atoms with van der Waals surface area (Å²) in [5, 5.41) is 20.3. The normalized spacial score (nSPS) is 12.0. The third-order valence-electron chi connectivity index (χ3n) is 4.81. The number of halogens is 3. The van der Waals surface area contributed by atoms with Crippen molar-refractivity contribution in [2.45, 2.75) is 77.3 Å². The first kappa shape index (κ1) is 29.9. The number of hydrogen-bond donors (Lipinski definition) is 1. The Labute approximate surface area is 196 Å². The molecule has 0 saturated carbocycles. The van der Waals surface area contributed by atoms with Gasteiger partial charge in [0.1, 0.15) is 5.57 Å². The fourth-order valence-electron chi connectivity index (χ4n) is 3.07.